The molecule has 1 aromatic rings. The first-order chi connectivity index (χ1) is 9.08. The normalized spacial score (nSPS) is 17.1. The Kier molecular flexibility index (Phi) is 4.83. The van der Waals surface area contributed by atoms with Gasteiger partial charge in [0, 0.05) is 32.7 Å². The Morgan fingerprint density at radius 2 is 1.95 bits per heavy atom. The van der Waals surface area contributed by atoms with Gasteiger partial charge in [-0.15, -0.1) is 0 Å². The number of phenolic OH excluding ortho intramolecular Hbond substituents is 1. The van der Waals surface area contributed by atoms with Crippen LogP contribution in [0, 0.1) is 6.92 Å². The van der Waals surface area contributed by atoms with E-state index in [1.54, 1.807) is 0 Å². The van der Waals surface area contributed by atoms with E-state index >= 15 is 0 Å². The van der Waals surface area contributed by atoms with Gasteiger partial charge in [0.2, 0.25) is 0 Å². The summed E-state index contributed by atoms with van der Waals surface area (Å²) in [6.45, 7) is 11.9. The Labute approximate surface area is 116 Å². The predicted octanol–water partition coefficient (Wildman–Crippen LogP) is 2.27. The summed E-state index contributed by atoms with van der Waals surface area (Å²) in [6.07, 6.45) is 0.936. The number of piperazine rings is 1. The molecule has 0 aromatic heterocycles. The third-order valence-electron chi connectivity index (χ3n) is 4.00. The molecule has 2 N–H and O–H groups in total. The highest BCUT2D eigenvalue weighted by molar-refractivity contribution is 5.42. The van der Waals surface area contributed by atoms with E-state index in [2.05, 4.69) is 37.1 Å². The molecule has 1 fully saturated rings. The molecule has 0 atom stereocenters. The Morgan fingerprint density at radius 1 is 1.26 bits per heavy atom. The van der Waals surface area contributed by atoms with Crippen LogP contribution in [-0.4, -0.2) is 42.7 Å². The second-order valence-corrected chi connectivity index (χ2v) is 5.83. The zero-order chi connectivity index (χ0) is 13.8. The zero-order valence-electron chi connectivity index (χ0n) is 12.4. The molecule has 0 spiro atoms. The van der Waals surface area contributed by atoms with Gasteiger partial charge in [-0.1, -0.05) is 19.9 Å². The fourth-order valence-electron chi connectivity index (χ4n) is 2.79. The lowest BCUT2D eigenvalue weighted by atomic mass is 9.94. The minimum absolute atomic E-state index is 0.456. The predicted molar refractivity (Wildman–Crippen MR) is 79.9 cm³/mol. The van der Waals surface area contributed by atoms with Crippen molar-refractivity contribution in [2.24, 2.45) is 0 Å². The number of aromatic hydroxyl groups is 1. The van der Waals surface area contributed by atoms with Crippen LogP contribution < -0.4 is 5.32 Å². The van der Waals surface area contributed by atoms with Crippen LogP contribution in [-0.2, 0) is 6.42 Å². The number of nitrogens with one attached hydrogen (secondary N) is 1. The molecule has 106 valence electrons. The van der Waals surface area contributed by atoms with Crippen molar-refractivity contribution in [1.82, 2.24) is 10.2 Å². The van der Waals surface area contributed by atoms with Crippen molar-refractivity contribution < 1.29 is 5.11 Å². The number of hydrogen-bond acceptors (Lipinski definition) is 3. The van der Waals surface area contributed by atoms with Gasteiger partial charge >= 0.3 is 0 Å². The van der Waals surface area contributed by atoms with Crippen molar-refractivity contribution in [2.45, 2.75) is 33.1 Å². The molecule has 2 rings (SSSR count). The molecule has 0 radical (unpaired) electrons. The summed E-state index contributed by atoms with van der Waals surface area (Å²) < 4.78 is 0. The van der Waals surface area contributed by atoms with Crippen LogP contribution in [0.3, 0.4) is 0 Å². The van der Waals surface area contributed by atoms with Gasteiger partial charge in [0.15, 0.2) is 0 Å². The van der Waals surface area contributed by atoms with Crippen molar-refractivity contribution in [3.05, 3.63) is 28.8 Å². The molecule has 3 nitrogen and oxygen atoms in total. The first-order valence-corrected chi connectivity index (χ1v) is 7.33. The number of rotatable bonds is 4. The van der Waals surface area contributed by atoms with Crippen LogP contribution in [0.4, 0.5) is 0 Å². The minimum atomic E-state index is 0.456. The van der Waals surface area contributed by atoms with E-state index in [-0.39, 0.29) is 0 Å². The molecule has 0 bridgehead atoms. The van der Waals surface area contributed by atoms with Crippen LogP contribution >= 0.6 is 0 Å². The van der Waals surface area contributed by atoms with Gasteiger partial charge in [0.1, 0.15) is 5.75 Å². The van der Waals surface area contributed by atoms with Crippen LogP contribution in [0.1, 0.15) is 36.5 Å². The highest BCUT2D eigenvalue weighted by Crippen LogP contribution is 2.27. The first-order valence-electron chi connectivity index (χ1n) is 7.33. The lowest BCUT2D eigenvalue weighted by molar-refractivity contribution is 0.243. The Bertz CT molecular complexity index is 423. The summed E-state index contributed by atoms with van der Waals surface area (Å²) in [5, 5.41) is 13.5. The smallest absolute Gasteiger partial charge is 0.119 e. The molecule has 1 aromatic carbocycles. The molecule has 1 aliphatic rings. The molecule has 3 heteroatoms. The Morgan fingerprint density at radius 3 is 2.58 bits per heavy atom. The van der Waals surface area contributed by atoms with Crippen LogP contribution in [0.15, 0.2) is 12.1 Å². The summed E-state index contributed by atoms with van der Waals surface area (Å²) in [5.74, 6) is 0.968. The molecule has 0 aliphatic carbocycles. The second-order valence-electron chi connectivity index (χ2n) is 5.83. The maximum Gasteiger partial charge on any atom is 0.119 e. The largest absolute Gasteiger partial charge is 0.508 e. The number of phenols is 1. The van der Waals surface area contributed by atoms with Crippen molar-refractivity contribution in [2.75, 3.05) is 32.7 Å². The summed E-state index contributed by atoms with van der Waals surface area (Å²) >= 11 is 0. The van der Waals surface area contributed by atoms with Crippen LogP contribution in [0.2, 0.25) is 0 Å². The van der Waals surface area contributed by atoms with E-state index in [0.717, 1.165) is 44.7 Å². The van der Waals surface area contributed by atoms with Gasteiger partial charge < -0.3 is 15.3 Å². The number of nitrogens with zero attached hydrogens (tertiary/aromatic N) is 1. The molecule has 1 aliphatic heterocycles. The van der Waals surface area contributed by atoms with Gasteiger partial charge in [-0.25, -0.2) is 0 Å². The third-order valence-corrected chi connectivity index (χ3v) is 4.00. The van der Waals surface area contributed by atoms with E-state index in [0.29, 0.717) is 11.7 Å². The molecule has 0 amide bonds. The Balaban J connectivity index is 2.04. The second kappa shape index (κ2) is 6.40. The standard InChI is InChI=1S/C16H26N2O/c1-12(2)15-11-14(16(19)10-13(15)3)4-7-18-8-5-17-6-9-18/h10-12,17,19H,4-9H2,1-3H3. The maximum absolute atomic E-state index is 10.1. The highest BCUT2D eigenvalue weighted by Gasteiger charge is 2.13. The van der Waals surface area contributed by atoms with E-state index in [4.69, 9.17) is 0 Å². The average Bonchev–Trinajstić information content (AvgIpc) is 2.38. The molecular formula is C16H26N2O. The third kappa shape index (κ3) is 3.71. The fraction of sp³-hybridized carbons (Fsp3) is 0.625. The average molecular weight is 262 g/mol. The maximum atomic E-state index is 10.1. The molecular weight excluding hydrogens is 236 g/mol. The summed E-state index contributed by atoms with van der Waals surface area (Å²) in [4.78, 5) is 2.46. The monoisotopic (exact) mass is 262 g/mol. The van der Waals surface area contributed by atoms with E-state index in [9.17, 15) is 5.11 Å². The van der Waals surface area contributed by atoms with Crippen molar-refractivity contribution in [1.29, 1.82) is 0 Å². The minimum Gasteiger partial charge on any atom is -0.508 e. The SMILES string of the molecule is Cc1cc(O)c(CCN2CCNCC2)cc1C(C)C. The van der Waals surface area contributed by atoms with E-state index in [1.807, 2.05) is 6.07 Å². The van der Waals surface area contributed by atoms with Crippen LogP contribution in [0.5, 0.6) is 5.75 Å². The van der Waals surface area contributed by atoms with Gasteiger partial charge in [0.05, 0.1) is 0 Å². The molecule has 1 heterocycles. The van der Waals surface area contributed by atoms with Gasteiger partial charge in [-0.05, 0) is 42.0 Å². The first kappa shape index (κ1) is 14.4. The summed E-state index contributed by atoms with van der Waals surface area (Å²) in [5.41, 5.74) is 3.64. The van der Waals surface area contributed by atoms with Gasteiger partial charge in [0.25, 0.3) is 0 Å². The van der Waals surface area contributed by atoms with E-state index in [1.165, 1.54) is 11.1 Å². The van der Waals surface area contributed by atoms with Gasteiger partial charge in [-0.2, -0.15) is 0 Å². The van der Waals surface area contributed by atoms with Crippen molar-refractivity contribution in [3.8, 4) is 5.75 Å². The molecule has 0 unspecified atom stereocenters. The van der Waals surface area contributed by atoms with Crippen LogP contribution in [0.25, 0.3) is 0 Å². The number of benzene rings is 1. The topological polar surface area (TPSA) is 35.5 Å². The lowest BCUT2D eigenvalue weighted by Gasteiger charge is -2.27. The quantitative estimate of drug-likeness (QED) is 0.874. The summed E-state index contributed by atoms with van der Waals surface area (Å²) in [7, 11) is 0. The molecule has 19 heavy (non-hydrogen) atoms. The van der Waals surface area contributed by atoms with Crippen molar-refractivity contribution in [3.63, 3.8) is 0 Å². The molecule has 1 saturated heterocycles. The zero-order valence-corrected chi connectivity index (χ0v) is 12.4. The summed E-state index contributed by atoms with van der Waals surface area (Å²) in [6, 6.07) is 4.11. The fourth-order valence-corrected chi connectivity index (χ4v) is 2.79. The number of aryl methyl sites for hydroxylation is 1. The molecule has 0 saturated carbocycles. The Hall–Kier alpha value is -1.06. The highest BCUT2D eigenvalue weighted by atomic mass is 16.3. The van der Waals surface area contributed by atoms with E-state index < -0.39 is 0 Å². The van der Waals surface area contributed by atoms with Gasteiger partial charge in [-0.3, -0.25) is 0 Å². The van der Waals surface area contributed by atoms with Crippen molar-refractivity contribution >= 4 is 0 Å². The number of hydrogen-bond donors (Lipinski definition) is 2. The lowest BCUT2D eigenvalue weighted by Crippen LogP contribution is -2.44.